The van der Waals surface area contributed by atoms with Gasteiger partial charge in [0.15, 0.2) is 5.75 Å². The van der Waals surface area contributed by atoms with E-state index in [2.05, 4.69) is 4.29 Å². The van der Waals surface area contributed by atoms with Gasteiger partial charge in [0, 0.05) is 6.07 Å². The van der Waals surface area contributed by atoms with Crippen molar-refractivity contribution in [2.45, 2.75) is 0 Å². The van der Waals surface area contributed by atoms with Crippen molar-refractivity contribution in [3.8, 4) is 11.5 Å². The zero-order valence-corrected chi connectivity index (χ0v) is 7.63. The van der Waals surface area contributed by atoms with Gasteiger partial charge in [0.2, 0.25) is 0 Å². The number of aromatic carboxylic acids is 1. The number of carboxylic acids is 1. The molecule has 0 spiro atoms. The minimum absolute atomic E-state index is 0.0626. The predicted octanol–water partition coefficient (Wildman–Crippen LogP) is 2.28. The number of hydrogen-bond acceptors (Lipinski definition) is 3. The Morgan fingerprint density at radius 1 is 1.46 bits per heavy atom. The van der Waals surface area contributed by atoms with E-state index in [1.165, 1.54) is 0 Å². The summed E-state index contributed by atoms with van der Waals surface area (Å²) in [4.78, 5) is 10.6. The van der Waals surface area contributed by atoms with E-state index in [1.807, 2.05) is 0 Å². The van der Waals surface area contributed by atoms with E-state index in [1.54, 1.807) is 0 Å². The first kappa shape index (κ1) is 9.95. The van der Waals surface area contributed by atoms with Crippen LogP contribution in [0.15, 0.2) is 12.1 Å². The van der Waals surface area contributed by atoms with E-state index < -0.39 is 5.97 Å². The number of phenols is 1. The van der Waals surface area contributed by atoms with Crippen molar-refractivity contribution in [3.05, 3.63) is 22.7 Å². The molecule has 0 aliphatic heterocycles. The van der Waals surface area contributed by atoms with Gasteiger partial charge in [-0.25, -0.2) is 4.79 Å². The third-order valence-corrected chi connectivity index (χ3v) is 1.77. The first-order chi connectivity index (χ1) is 6.06. The lowest BCUT2D eigenvalue weighted by atomic mass is 10.2. The Morgan fingerprint density at radius 3 is 2.54 bits per heavy atom. The second-order valence-electron chi connectivity index (χ2n) is 2.19. The predicted molar refractivity (Wildman–Crippen MR) is 46.6 cm³/mol. The summed E-state index contributed by atoms with van der Waals surface area (Å²) in [5, 5.41) is 17.6. The zero-order valence-electron chi connectivity index (χ0n) is 6.12. The Kier molecular flexibility index (Phi) is 2.85. The number of hydrogen-bond donors (Lipinski definition) is 2. The Hall–Kier alpha value is -1.13. The van der Waals surface area contributed by atoms with Gasteiger partial charge in [-0.05, 0) is 6.07 Å². The number of rotatable bonds is 2. The Bertz CT molecular complexity index is 351. The highest BCUT2D eigenvalue weighted by atomic mass is 35.5. The molecule has 0 fully saturated rings. The van der Waals surface area contributed by atoms with Crippen LogP contribution in [0.25, 0.3) is 0 Å². The average molecular weight is 223 g/mol. The van der Waals surface area contributed by atoms with Gasteiger partial charge >= 0.3 is 5.97 Å². The normalized spacial score (nSPS) is 9.69. The van der Waals surface area contributed by atoms with E-state index in [0.717, 1.165) is 12.1 Å². The molecule has 0 atom stereocenters. The van der Waals surface area contributed by atoms with Gasteiger partial charge in [0.1, 0.15) is 23.2 Å². The lowest BCUT2D eigenvalue weighted by Crippen LogP contribution is -1.98. The van der Waals surface area contributed by atoms with Crippen LogP contribution in [0.4, 0.5) is 0 Å². The molecule has 0 radical (unpaired) electrons. The molecular weight excluding hydrogens is 219 g/mol. The fourth-order valence-electron chi connectivity index (χ4n) is 0.816. The highest BCUT2D eigenvalue weighted by molar-refractivity contribution is 6.33. The van der Waals surface area contributed by atoms with Crippen LogP contribution in [0, 0.1) is 0 Å². The van der Waals surface area contributed by atoms with E-state index >= 15 is 0 Å². The highest BCUT2D eigenvalue weighted by Crippen LogP contribution is 2.33. The van der Waals surface area contributed by atoms with Gasteiger partial charge in [-0.2, -0.15) is 0 Å². The Labute approximate surface area is 83.4 Å². The molecule has 2 N–H and O–H groups in total. The molecule has 70 valence electrons. The van der Waals surface area contributed by atoms with Gasteiger partial charge in [0.25, 0.3) is 0 Å². The number of carboxylic acid groups (broad SMARTS) is 1. The summed E-state index contributed by atoms with van der Waals surface area (Å²) < 4.78 is 4.24. The molecule has 13 heavy (non-hydrogen) atoms. The van der Waals surface area contributed by atoms with Gasteiger partial charge in [-0.15, -0.1) is 0 Å². The summed E-state index contributed by atoms with van der Waals surface area (Å²) in [6, 6.07) is 2.12. The van der Waals surface area contributed by atoms with E-state index in [0.29, 0.717) is 0 Å². The van der Waals surface area contributed by atoms with Gasteiger partial charge in [0.05, 0.1) is 5.02 Å². The fraction of sp³-hybridized carbons (Fsp3) is 0. The zero-order chi connectivity index (χ0) is 10.0. The molecule has 1 aromatic carbocycles. The number of halogens is 2. The SMILES string of the molecule is O=C(O)c1cc(O)cc(Cl)c1OCl. The van der Waals surface area contributed by atoms with Crippen LogP contribution in [0.5, 0.6) is 11.5 Å². The van der Waals surface area contributed by atoms with Gasteiger partial charge in [-0.1, -0.05) is 11.6 Å². The van der Waals surface area contributed by atoms with Gasteiger partial charge < -0.3 is 14.5 Å². The molecule has 0 bridgehead atoms. The van der Waals surface area contributed by atoms with Crippen molar-refractivity contribution < 1.29 is 19.3 Å². The summed E-state index contributed by atoms with van der Waals surface area (Å²) in [7, 11) is 0. The quantitative estimate of drug-likeness (QED) is 0.806. The molecule has 4 nitrogen and oxygen atoms in total. The van der Waals surface area contributed by atoms with Gasteiger partial charge in [-0.3, -0.25) is 0 Å². The number of phenolic OH excluding ortho intramolecular Hbond substituents is 1. The minimum atomic E-state index is -1.28. The molecule has 0 aliphatic carbocycles. The Morgan fingerprint density at radius 2 is 2.08 bits per heavy atom. The summed E-state index contributed by atoms with van der Waals surface area (Å²) in [6.45, 7) is 0. The topological polar surface area (TPSA) is 66.8 Å². The van der Waals surface area contributed by atoms with Crippen LogP contribution in [0.1, 0.15) is 10.4 Å². The standard InChI is InChI=1S/C7H4Cl2O4/c8-5-2-3(10)1-4(7(11)12)6(5)13-9/h1-2,10H,(H,11,12). The molecule has 0 saturated carbocycles. The van der Waals surface area contributed by atoms with Crippen molar-refractivity contribution in [1.82, 2.24) is 0 Å². The summed E-state index contributed by atoms with van der Waals surface area (Å²) >= 11 is 10.6. The molecule has 0 aromatic heterocycles. The van der Waals surface area contributed by atoms with Crippen molar-refractivity contribution in [3.63, 3.8) is 0 Å². The molecule has 6 heteroatoms. The minimum Gasteiger partial charge on any atom is -0.508 e. The maximum absolute atomic E-state index is 10.6. The van der Waals surface area contributed by atoms with E-state index in [-0.39, 0.29) is 22.1 Å². The van der Waals surface area contributed by atoms with E-state index in [4.69, 9.17) is 33.7 Å². The Balaban J connectivity index is 3.38. The maximum atomic E-state index is 10.6. The summed E-state index contributed by atoms with van der Waals surface area (Å²) in [6.07, 6.45) is 0. The average Bonchev–Trinajstić information content (AvgIpc) is 2.02. The smallest absolute Gasteiger partial charge is 0.339 e. The molecule has 0 aliphatic rings. The van der Waals surface area contributed by atoms with Crippen molar-refractivity contribution in [2.24, 2.45) is 0 Å². The fourth-order valence-corrected chi connectivity index (χ4v) is 1.27. The van der Waals surface area contributed by atoms with Crippen molar-refractivity contribution in [2.75, 3.05) is 0 Å². The monoisotopic (exact) mass is 222 g/mol. The number of benzene rings is 1. The molecule has 1 rings (SSSR count). The highest BCUT2D eigenvalue weighted by Gasteiger charge is 2.16. The third-order valence-electron chi connectivity index (χ3n) is 1.34. The second-order valence-corrected chi connectivity index (χ2v) is 2.75. The third kappa shape index (κ3) is 1.96. The molecule has 0 amide bonds. The number of aromatic hydroxyl groups is 1. The first-order valence-electron chi connectivity index (χ1n) is 3.10. The van der Waals surface area contributed by atoms with Crippen LogP contribution in [-0.2, 0) is 0 Å². The molecular formula is C7H4Cl2O4. The molecule has 1 aromatic rings. The molecule has 0 saturated heterocycles. The summed E-state index contributed by atoms with van der Waals surface area (Å²) in [5.41, 5.74) is -0.292. The van der Waals surface area contributed by atoms with Crippen LogP contribution in [-0.4, -0.2) is 16.2 Å². The van der Waals surface area contributed by atoms with Crippen molar-refractivity contribution >= 4 is 29.4 Å². The molecule has 0 unspecified atom stereocenters. The van der Waals surface area contributed by atoms with Crippen LogP contribution >= 0.6 is 23.5 Å². The summed E-state index contributed by atoms with van der Waals surface area (Å²) in [5.74, 6) is -1.73. The first-order valence-corrected chi connectivity index (χ1v) is 3.79. The lowest BCUT2D eigenvalue weighted by molar-refractivity contribution is 0.0694. The van der Waals surface area contributed by atoms with Crippen LogP contribution < -0.4 is 4.29 Å². The largest absolute Gasteiger partial charge is 0.508 e. The van der Waals surface area contributed by atoms with Crippen LogP contribution in [0.2, 0.25) is 5.02 Å². The van der Waals surface area contributed by atoms with Crippen LogP contribution in [0.3, 0.4) is 0 Å². The van der Waals surface area contributed by atoms with Crippen molar-refractivity contribution in [1.29, 1.82) is 0 Å². The molecule has 0 heterocycles. The second kappa shape index (κ2) is 3.72. The number of carbonyl (C=O) groups is 1. The lowest BCUT2D eigenvalue weighted by Gasteiger charge is -2.04. The van der Waals surface area contributed by atoms with E-state index in [9.17, 15) is 4.79 Å². The maximum Gasteiger partial charge on any atom is 0.339 e.